The van der Waals surface area contributed by atoms with E-state index in [0.29, 0.717) is 16.8 Å². The Kier molecular flexibility index (Phi) is 7.52. The third-order valence-electron chi connectivity index (χ3n) is 1.26. The number of halogens is 1. The van der Waals surface area contributed by atoms with E-state index in [2.05, 4.69) is 10.3 Å². The zero-order chi connectivity index (χ0) is 13.3. The maximum absolute atomic E-state index is 8.22. The first kappa shape index (κ1) is 15.2. The number of nitrogens with two attached hydrogens (primary N) is 2. The van der Waals surface area contributed by atoms with Gasteiger partial charge in [-0.25, -0.2) is 4.99 Å². The molecular weight excluding hydrogens is 238 g/mol. The topological polar surface area (TPSA) is 100 Å². The highest BCUT2D eigenvalue weighted by Gasteiger charge is 1.91. The molecule has 0 unspecified atom stereocenters. The van der Waals surface area contributed by atoms with Gasteiger partial charge in [-0.1, -0.05) is 25.4 Å². The Bertz CT molecular complexity index is 389. The van der Waals surface area contributed by atoms with Crippen molar-refractivity contribution in [2.24, 2.45) is 16.5 Å². The summed E-state index contributed by atoms with van der Waals surface area (Å²) >= 11 is 5.66. The van der Waals surface area contributed by atoms with Gasteiger partial charge < -0.3 is 11.5 Å². The van der Waals surface area contributed by atoms with E-state index in [1.165, 1.54) is 0 Å². The van der Waals surface area contributed by atoms with E-state index in [1.807, 2.05) is 13.8 Å². The average Bonchev–Trinajstić information content (AvgIpc) is 2.21. The van der Waals surface area contributed by atoms with Gasteiger partial charge in [0.05, 0.1) is 5.69 Å². The summed E-state index contributed by atoms with van der Waals surface area (Å²) in [6.45, 7) is 3.89. The minimum Gasteiger partial charge on any atom is -0.369 e. The lowest BCUT2D eigenvalue weighted by Gasteiger charge is -1.96. The molecule has 0 heterocycles. The molecule has 0 atom stereocenters. The number of benzene rings is 1. The summed E-state index contributed by atoms with van der Waals surface area (Å²) in [5.74, 6) is 0.0600. The van der Waals surface area contributed by atoms with Crippen LogP contribution in [0.2, 0.25) is 5.02 Å². The smallest absolute Gasteiger partial charge is 0.207 e. The maximum atomic E-state index is 8.22. The van der Waals surface area contributed by atoms with Crippen LogP contribution < -0.4 is 16.8 Å². The number of aliphatic imine (C=N–C) groups is 1. The van der Waals surface area contributed by atoms with Gasteiger partial charge in [-0.3, -0.25) is 5.32 Å². The van der Waals surface area contributed by atoms with E-state index in [4.69, 9.17) is 28.3 Å². The molecule has 0 aliphatic heterocycles. The lowest BCUT2D eigenvalue weighted by atomic mass is 10.3. The number of nitriles is 1. The van der Waals surface area contributed by atoms with Gasteiger partial charge in [0.25, 0.3) is 0 Å². The van der Waals surface area contributed by atoms with Gasteiger partial charge in [0, 0.05) is 5.02 Å². The van der Waals surface area contributed by atoms with Crippen molar-refractivity contribution in [3.63, 3.8) is 0 Å². The van der Waals surface area contributed by atoms with Crippen molar-refractivity contribution in [1.29, 1.82) is 5.26 Å². The third kappa shape index (κ3) is 9.18. The predicted octanol–water partition coefficient (Wildman–Crippen LogP) is 1.71. The Labute approximate surface area is 106 Å². The number of nitrogens with one attached hydrogen (secondary N) is 1. The predicted molar refractivity (Wildman–Crippen MR) is 70.8 cm³/mol. The number of nitrogens with zero attached hydrogens (tertiary/aromatic N) is 2. The van der Waals surface area contributed by atoms with Crippen LogP contribution in [0.5, 0.6) is 0 Å². The summed E-state index contributed by atoms with van der Waals surface area (Å²) in [4.78, 5) is 3.89. The van der Waals surface area contributed by atoms with Gasteiger partial charge >= 0.3 is 0 Å². The number of hydrogen-bond acceptors (Lipinski definition) is 3. The summed E-state index contributed by atoms with van der Waals surface area (Å²) in [7, 11) is 0. The van der Waals surface area contributed by atoms with Crippen molar-refractivity contribution in [1.82, 2.24) is 5.32 Å². The number of guanidine groups is 1. The molecule has 0 saturated heterocycles. The van der Waals surface area contributed by atoms with Gasteiger partial charge in [0.2, 0.25) is 5.96 Å². The first-order valence-corrected chi connectivity index (χ1v) is 5.34. The Hall–Kier alpha value is -1.77. The van der Waals surface area contributed by atoms with Gasteiger partial charge in [-0.05, 0) is 30.3 Å². The second kappa shape index (κ2) is 8.39. The van der Waals surface area contributed by atoms with E-state index in [0.717, 1.165) is 0 Å². The Morgan fingerprint density at radius 1 is 1.41 bits per heavy atom. The van der Waals surface area contributed by atoms with Crippen LogP contribution in [0.15, 0.2) is 29.3 Å². The van der Waals surface area contributed by atoms with E-state index < -0.39 is 0 Å². The number of rotatable bonds is 1. The second-order valence-corrected chi connectivity index (χ2v) is 3.89. The first-order valence-electron chi connectivity index (χ1n) is 4.96. The van der Waals surface area contributed by atoms with Crippen LogP contribution in [0, 0.1) is 11.5 Å². The Morgan fingerprint density at radius 3 is 2.29 bits per heavy atom. The normalized spacial score (nSPS) is 10.2. The quantitative estimate of drug-likeness (QED) is 0.307. The fourth-order valence-corrected chi connectivity index (χ4v) is 0.866. The van der Waals surface area contributed by atoms with Crippen LogP contribution in [0.4, 0.5) is 5.69 Å². The van der Waals surface area contributed by atoms with Crippen molar-refractivity contribution >= 4 is 23.2 Å². The second-order valence-electron chi connectivity index (χ2n) is 3.45. The average molecular weight is 254 g/mol. The van der Waals surface area contributed by atoms with Crippen LogP contribution in [0.1, 0.15) is 13.8 Å². The van der Waals surface area contributed by atoms with Crippen molar-refractivity contribution in [3.8, 4) is 6.19 Å². The monoisotopic (exact) mass is 253 g/mol. The molecule has 0 aliphatic rings. The fourth-order valence-electron chi connectivity index (χ4n) is 0.740. The summed E-state index contributed by atoms with van der Waals surface area (Å²) in [5.41, 5.74) is 11.1. The number of hydrogen-bond donors (Lipinski definition) is 3. The Balaban J connectivity index is 0.000000557. The first-order chi connectivity index (χ1) is 7.95. The van der Waals surface area contributed by atoms with Gasteiger partial charge in [0.15, 0.2) is 6.19 Å². The SMILES string of the molecule is CC(C)N.N#CNC(N)=Nc1ccc(Cl)cc1. The standard InChI is InChI=1S/C8H7ClN4.C3H9N/c9-6-1-3-7(4-2-6)13-8(11)12-5-10;1-3(2)4/h1-4H,(H3,11,12,13);3H,4H2,1-2H3. The van der Waals surface area contributed by atoms with E-state index in [1.54, 1.807) is 30.5 Å². The van der Waals surface area contributed by atoms with Gasteiger partial charge in [-0.2, -0.15) is 5.26 Å². The molecule has 0 aromatic heterocycles. The molecule has 0 fully saturated rings. The van der Waals surface area contributed by atoms with Gasteiger partial charge in [-0.15, -0.1) is 0 Å². The molecule has 92 valence electrons. The molecule has 5 nitrogen and oxygen atoms in total. The zero-order valence-electron chi connectivity index (χ0n) is 9.81. The summed E-state index contributed by atoms with van der Waals surface area (Å²) < 4.78 is 0. The third-order valence-corrected chi connectivity index (χ3v) is 1.51. The lowest BCUT2D eigenvalue weighted by molar-refractivity contribution is 0.834. The minimum atomic E-state index is 0.0600. The minimum absolute atomic E-state index is 0.0600. The van der Waals surface area contributed by atoms with E-state index in [-0.39, 0.29) is 5.96 Å². The largest absolute Gasteiger partial charge is 0.369 e. The highest BCUT2D eigenvalue weighted by molar-refractivity contribution is 6.30. The van der Waals surface area contributed by atoms with Crippen LogP contribution in [-0.4, -0.2) is 12.0 Å². The highest BCUT2D eigenvalue weighted by atomic mass is 35.5. The molecular formula is C11H16ClN5. The molecule has 1 aromatic carbocycles. The molecule has 0 spiro atoms. The van der Waals surface area contributed by atoms with Crippen molar-refractivity contribution in [2.45, 2.75) is 19.9 Å². The van der Waals surface area contributed by atoms with Crippen LogP contribution >= 0.6 is 11.6 Å². The van der Waals surface area contributed by atoms with E-state index >= 15 is 0 Å². The van der Waals surface area contributed by atoms with Crippen LogP contribution in [0.25, 0.3) is 0 Å². The zero-order valence-corrected chi connectivity index (χ0v) is 10.6. The maximum Gasteiger partial charge on any atom is 0.207 e. The summed E-state index contributed by atoms with van der Waals surface area (Å²) in [5, 5.41) is 11.1. The molecule has 0 saturated carbocycles. The molecule has 0 radical (unpaired) electrons. The van der Waals surface area contributed by atoms with Crippen molar-refractivity contribution in [2.75, 3.05) is 0 Å². The molecule has 0 bridgehead atoms. The molecule has 0 aliphatic carbocycles. The molecule has 0 amide bonds. The molecule has 1 aromatic rings. The molecule has 5 N–H and O–H groups in total. The lowest BCUT2D eigenvalue weighted by Crippen LogP contribution is -2.26. The Morgan fingerprint density at radius 2 is 1.88 bits per heavy atom. The van der Waals surface area contributed by atoms with Gasteiger partial charge in [0.1, 0.15) is 0 Å². The molecule has 17 heavy (non-hydrogen) atoms. The van der Waals surface area contributed by atoms with Crippen molar-refractivity contribution < 1.29 is 0 Å². The summed E-state index contributed by atoms with van der Waals surface area (Å²) in [6, 6.07) is 7.13. The molecule has 6 heteroatoms. The van der Waals surface area contributed by atoms with Crippen LogP contribution in [0.3, 0.4) is 0 Å². The van der Waals surface area contributed by atoms with Crippen LogP contribution in [-0.2, 0) is 0 Å². The van der Waals surface area contributed by atoms with E-state index in [9.17, 15) is 0 Å². The summed E-state index contributed by atoms with van der Waals surface area (Å²) in [6.07, 6.45) is 1.67. The molecule has 1 rings (SSSR count). The van der Waals surface area contributed by atoms with Crippen molar-refractivity contribution in [3.05, 3.63) is 29.3 Å². The fraction of sp³-hybridized carbons (Fsp3) is 0.273. The highest BCUT2D eigenvalue weighted by Crippen LogP contribution is 2.15.